The number of nitrogens with two attached hydrogens (primary N) is 2. The van der Waals surface area contributed by atoms with Gasteiger partial charge in [0.1, 0.15) is 0 Å². The van der Waals surface area contributed by atoms with E-state index < -0.39 is 23.7 Å². The number of halogens is 2. The van der Waals surface area contributed by atoms with Gasteiger partial charge in [0.25, 0.3) is 0 Å². The number of carbonyl (C=O) groups excluding carboxylic acids is 2. The van der Waals surface area contributed by atoms with Crippen molar-refractivity contribution in [2.24, 2.45) is 29.4 Å². The third kappa shape index (κ3) is 4.48. The fraction of sp³-hybridized carbons (Fsp3) is 0.400. The molecule has 2 bridgehead atoms. The third-order valence-corrected chi connectivity index (χ3v) is 6.34. The Labute approximate surface area is 183 Å². The van der Waals surface area contributed by atoms with Gasteiger partial charge in [-0.3, -0.25) is 4.79 Å². The van der Waals surface area contributed by atoms with E-state index >= 15 is 0 Å². The van der Waals surface area contributed by atoms with Gasteiger partial charge in [0.05, 0.1) is 12.1 Å². The van der Waals surface area contributed by atoms with Crippen LogP contribution in [0.3, 0.4) is 0 Å². The molecule has 2 saturated carbocycles. The molecule has 2 fully saturated rings. The molecule has 1 aromatic carbocycles. The summed E-state index contributed by atoms with van der Waals surface area (Å²) in [5.41, 5.74) is 12.5. The molecule has 0 saturated heterocycles. The van der Waals surface area contributed by atoms with Crippen LogP contribution in [0.4, 0.5) is 26.4 Å². The van der Waals surface area contributed by atoms with Crippen LogP contribution in [-0.4, -0.2) is 34.5 Å². The van der Waals surface area contributed by atoms with Crippen LogP contribution in [0.25, 0.3) is 0 Å². The van der Waals surface area contributed by atoms with Gasteiger partial charge < -0.3 is 27.4 Å². The standard InChI is InChI=1S/C20H23ClFN7O2/c21-19-25-8-14(22)18(29-19)28-16-13-5-9(15(16)17(24)30)4-10(13)7-26-20(31)27-12-3-1-2-11(23)6-12/h1-3,6,8-10,13,15-16H,4-5,7,23H2,(H2,24,30)(H,25,28,29)(H2,26,27,31)/t9-,10+,13-,15+,16-/m1/s1. The number of hydrogen-bond donors (Lipinski definition) is 5. The molecule has 11 heteroatoms. The molecule has 7 N–H and O–H groups in total. The molecule has 31 heavy (non-hydrogen) atoms. The van der Waals surface area contributed by atoms with Crippen molar-refractivity contribution in [3.05, 3.63) is 41.6 Å². The lowest BCUT2D eigenvalue weighted by molar-refractivity contribution is -0.123. The largest absolute Gasteiger partial charge is 0.399 e. The molecular formula is C20H23ClFN7O2. The van der Waals surface area contributed by atoms with E-state index in [0.717, 1.165) is 19.0 Å². The molecule has 2 aliphatic rings. The molecule has 1 heterocycles. The highest BCUT2D eigenvalue weighted by molar-refractivity contribution is 6.28. The second-order valence-electron chi connectivity index (χ2n) is 8.05. The number of aromatic nitrogens is 2. The Morgan fingerprint density at radius 2 is 2.10 bits per heavy atom. The first-order valence-electron chi connectivity index (χ1n) is 9.96. The van der Waals surface area contributed by atoms with Crippen LogP contribution >= 0.6 is 11.6 Å². The van der Waals surface area contributed by atoms with E-state index in [9.17, 15) is 14.0 Å². The Kier molecular flexibility index (Phi) is 5.81. The molecule has 2 aliphatic carbocycles. The lowest BCUT2D eigenvalue weighted by Crippen LogP contribution is -2.47. The van der Waals surface area contributed by atoms with Gasteiger partial charge >= 0.3 is 6.03 Å². The summed E-state index contributed by atoms with van der Waals surface area (Å²) in [6, 6.07) is 6.13. The summed E-state index contributed by atoms with van der Waals surface area (Å²) in [6.07, 6.45) is 2.49. The maximum atomic E-state index is 14.1. The van der Waals surface area contributed by atoms with Gasteiger partial charge in [0.15, 0.2) is 11.6 Å². The first-order chi connectivity index (χ1) is 14.8. The molecule has 0 unspecified atom stereocenters. The van der Waals surface area contributed by atoms with Gasteiger partial charge in [-0.15, -0.1) is 0 Å². The molecule has 0 spiro atoms. The number of nitrogens with one attached hydrogen (secondary N) is 3. The van der Waals surface area contributed by atoms with E-state index in [2.05, 4.69) is 25.9 Å². The van der Waals surface area contributed by atoms with Gasteiger partial charge in [-0.05, 0) is 60.4 Å². The average molecular weight is 448 g/mol. The second kappa shape index (κ2) is 8.54. The Balaban J connectivity index is 1.42. The van der Waals surface area contributed by atoms with Crippen LogP contribution < -0.4 is 27.4 Å². The van der Waals surface area contributed by atoms with Crippen molar-refractivity contribution in [1.29, 1.82) is 0 Å². The molecule has 0 aliphatic heterocycles. The predicted molar refractivity (Wildman–Crippen MR) is 115 cm³/mol. The van der Waals surface area contributed by atoms with Crippen LogP contribution in [0.1, 0.15) is 12.8 Å². The first-order valence-corrected chi connectivity index (χ1v) is 10.3. The first kappa shape index (κ1) is 21.1. The highest BCUT2D eigenvalue weighted by Crippen LogP contribution is 2.52. The maximum Gasteiger partial charge on any atom is 0.319 e. The molecule has 3 amide bonds. The number of hydrogen-bond acceptors (Lipinski definition) is 6. The van der Waals surface area contributed by atoms with Crippen molar-refractivity contribution >= 4 is 40.7 Å². The molecular weight excluding hydrogens is 425 g/mol. The number of amides is 3. The number of anilines is 3. The van der Waals surface area contributed by atoms with E-state index in [0.29, 0.717) is 17.9 Å². The van der Waals surface area contributed by atoms with Gasteiger partial charge in [-0.1, -0.05) is 6.07 Å². The number of urea groups is 1. The van der Waals surface area contributed by atoms with E-state index in [4.69, 9.17) is 23.1 Å². The average Bonchev–Trinajstić information content (AvgIpc) is 3.27. The summed E-state index contributed by atoms with van der Waals surface area (Å²) in [5.74, 6) is -1.43. The van der Waals surface area contributed by atoms with E-state index in [1.165, 1.54) is 0 Å². The molecule has 164 valence electrons. The number of primary amides is 1. The van der Waals surface area contributed by atoms with Crippen molar-refractivity contribution in [2.75, 3.05) is 22.9 Å². The summed E-state index contributed by atoms with van der Waals surface area (Å²) in [6.45, 7) is 0.409. The third-order valence-electron chi connectivity index (χ3n) is 6.16. The monoisotopic (exact) mass is 447 g/mol. The highest BCUT2D eigenvalue weighted by atomic mass is 35.5. The maximum absolute atomic E-state index is 14.1. The molecule has 2 aromatic rings. The van der Waals surface area contributed by atoms with Crippen molar-refractivity contribution in [3.63, 3.8) is 0 Å². The molecule has 0 radical (unpaired) electrons. The second-order valence-corrected chi connectivity index (χ2v) is 8.39. The Morgan fingerprint density at radius 3 is 2.84 bits per heavy atom. The van der Waals surface area contributed by atoms with Gasteiger partial charge in [0, 0.05) is 24.0 Å². The van der Waals surface area contributed by atoms with Crippen LogP contribution in [0.2, 0.25) is 5.28 Å². The van der Waals surface area contributed by atoms with Gasteiger partial charge in [-0.25, -0.2) is 14.2 Å². The smallest absolute Gasteiger partial charge is 0.319 e. The van der Waals surface area contributed by atoms with E-state index in [-0.39, 0.29) is 34.9 Å². The van der Waals surface area contributed by atoms with Gasteiger partial charge in [-0.2, -0.15) is 4.98 Å². The summed E-state index contributed by atoms with van der Waals surface area (Å²) < 4.78 is 14.1. The number of fused-ring (bicyclic) bond motifs is 2. The quantitative estimate of drug-likeness (QED) is 0.338. The fourth-order valence-corrected chi connectivity index (χ4v) is 5.09. The molecule has 1 aromatic heterocycles. The zero-order valence-corrected chi connectivity index (χ0v) is 17.3. The minimum atomic E-state index is -0.661. The fourth-order valence-electron chi connectivity index (χ4n) is 4.96. The minimum Gasteiger partial charge on any atom is -0.399 e. The number of nitrogen functional groups attached to an aromatic ring is 1. The predicted octanol–water partition coefficient (Wildman–Crippen LogP) is 2.21. The van der Waals surface area contributed by atoms with Crippen molar-refractivity contribution < 1.29 is 14.0 Å². The molecule has 4 rings (SSSR count). The van der Waals surface area contributed by atoms with Gasteiger partial charge in [0.2, 0.25) is 11.2 Å². The summed E-state index contributed by atoms with van der Waals surface area (Å²) in [5, 5.41) is 8.54. The van der Waals surface area contributed by atoms with Crippen molar-refractivity contribution in [3.8, 4) is 0 Å². The lowest BCUT2D eigenvalue weighted by Gasteiger charge is -2.35. The number of nitrogens with zero attached hydrogens (tertiary/aromatic N) is 2. The number of carbonyl (C=O) groups is 2. The number of benzene rings is 1. The Bertz CT molecular complexity index is 1010. The van der Waals surface area contributed by atoms with Crippen LogP contribution in [0, 0.1) is 29.5 Å². The SMILES string of the molecule is NC(=O)[C@H]1[C@@H]2C[C@@H](CNC(=O)Nc3cccc(N)c3)[C@@H](C2)[C@H]1Nc1nc(Cl)ncc1F. The Morgan fingerprint density at radius 1 is 1.29 bits per heavy atom. The van der Waals surface area contributed by atoms with E-state index in [1.54, 1.807) is 24.3 Å². The zero-order chi connectivity index (χ0) is 22.1. The van der Waals surface area contributed by atoms with Crippen LogP contribution in [0.15, 0.2) is 30.5 Å². The lowest BCUT2D eigenvalue weighted by atomic mass is 9.77. The topological polar surface area (TPSA) is 148 Å². The summed E-state index contributed by atoms with van der Waals surface area (Å²) in [7, 11) is 0. The summed E-state index contributed by atoms with van der Waals surface area (Å²) >= 11 is 5.79. The minimum absolute atomic E-state index is 0.0170. The van der Waals surface area contributed by atoms with Crippen molar-refractivity contribution in [1.82, 2.24) is 15.3 Å². The Hall–Kier alpha value is -3.14. The zero-order valence-electron chi connectivity index (χ0n) is 16.5. The normalized spacial score (nSPS) is 26.5. The van der Waals surface area contributed by atoms with Crippen LogP contribution in [-0.2, 0) is 4.79 Å². The molecule has 9 nitrogen and oxygen atoms in total. The van der Waals surface area contributed by atoms with E-state index in [1.807, 2.05) is 0 Å². The molecule has 5 atom stereocenters. The summed E-state index contributed by atoms with van der Waals surface area (Å²) in [4.78, 5) is 31.9. The number of rotatable bonds is 6. The highest BCUT2D eigenvalue weighted by Gasteiger charge is 2.54. The van der Waals surface area contributed by atoms with Crippen LogP contribution in [0.5, 0.6) is 0 Å². The van der Waals surface area contributed by atoms with Crippen molar-refractivity contribution in [2.45, 2.75) is 18.9 Å².